The van der Waals surface area contributed by atoms with Gasteiger partial charge in [0.05, 0.1) is 5.69 Å². The first-order valence-electron chi connectivity index (χ1n) is 7.35. The van der Waals surface area contributed by atoms with Crippen LogP contribution in [0.15, 0.2) is 59.6 Å². The standard InChI is InChI=1S/C18H16N6/c1-12-7-9-14(10-8-12)22-18(13-5-3-2-4-6-13)24-17(21)16(20)15(11-19)23-24/h2-10H,20-21H2,1H3. The fraction of sp³-hybridized carbons (Fsp3) is 0.0556. The van der Waals surface area contributed by atoms with Gasteiger partial charge in [0.25, 0.3) is 0 Å². The Morgan fingerprint density at radius 2 is 1.75 bits per heavy atom. The van der Waals surface area contributed by atoms with E-state index in [1.54, 1.807) is 0 Å². The molecule has 0 bridgehead atoms. The minimum Gasteiger partial charge on any atom is -0.393 e. The third-order valence-corrected chi connectivity index (χ3v) is 3.57. The summed E-state index contributed by atoms with van der Waals surface area (Å²) in [6.07, 6.45) is 0. The second-order valence-corrected chi connectivity index (χ2v) is 5.31. The Kier molecular flexibility index (Phi) is 4.00. The topological polar surface area (TPSA) is 106 Å². The summed E-state index contributed by atoms with van der Waals surface area (Å²) in [6.45, 7) is 2.01. The first-order chi connectivity index (χ1) is 11.6. The third-order valence-electron chi connectivity index (χ3n) is 3.57. The van der Waals surface area contributed by atoms with E-state index in [-0.39, 0.29) is 17.2 Å². The van der Waals surface area contributed by atoms with Gasteiger partial charge in [-0.3, -0.25) is 0 Å². The summed E-state index contributed by atoms with van der Waals surface area (Å²) in [4.78, 5) is 4.66. The molecule has 0 spiro atoms. The van der Waals surface area contributed by atoms with Crippen molar-refractivity contribution in [1.29, 1.82) is 5.26 Å². The summed E-state index contributed by atoms with van der Waals surface area (Å²) in [5.41, 5.74) is 14.9. The second kappa shape index (κ2) is 6.26. The molecule has 6 nitrogen and oxygen atoms in total. The summed E-state index contributed by atoms with van der Waals surface area (Å²) in [7, 11) is 0. The molecule has 1 heterocycles. The van der Waals surface area contributed by atoms with Crippen LogP contribution in [0.3, 0.4) is 0 Å². The van der Waals surface area contributed by atoms with Gasteiger partial charge in [0, 0.05) is 5.56 Å². The monoisotopic (exact) mass is 316 g/mol. The van der Waals surface area contributed by atoms with Crippen LogP contribution in [0.25, 0.3) is 0 Å². The fourth-order valence-electron chi connectivity index (χ4n) is 2.25. The molecule has 24 heavy (non-hydrogen) atoms. The molecule has 0 aliphatic rings. The summed E-state index contributed by atoms with van der Waals surface area (Å²) >= 11 is 0. The smallest absolute Gasteiger partial charge is 0.188 e. The van der Waals surface area contributed by atoms with Crippen LogP contribution in [0.1, 0.15) is 16.8 Å². The van der Waals surface area contributed by atoms with Crippen LogP contribution in [0.2, 0.25) is 0 Å². The molecule has 3 aromatic rings. The highest BCUT2D eigenvalue weighted by Gasteiger charge is 2.17. The normalized spacial score (nSPS) is 11.2. The molecule has 0 saturated heterocycles. The van der Waals surface area contributed by atoms with Crippen molar-refractivity contribution in [2.45, 2.75) is 6.92 Å². The Balaban J connectivity index is 2.20. The molecule has 0 aliphatic carbocycles. The maximum atomic E-state index is 9.13. The van der Waals surface area contributed by atoms with Crippen LogP contribution in [0, 0.1) is 18.3 Å². The van der Waals surface area contributed by atoms with Gasteiger partial charge >= 0.3 is 0 Å². The lowest BCUT2D eigenvalue weighted by atomic mass is 10.2. The zero-order valence-electron chi connectivity index (χ0n) is 13.1. The van der Waals surface area contributed by atoms with E-state index >= 15 is 0 Å². The van der Waals surface area contributed by atoms with Gasteiger partial charge in [0.15, 0.2) is 17.3 Å². The van der Waals surface area contributed by atoms with Crippen molar-refractivity contribution >= 4 is 23.0 Å². The summed E-state index contributed by atoms with van der Waals surface area (Å²) in [5, 5.41) is 13.3. The molecule has 0 atom stereocenters. The minimum atomic E-state index is 0.0834. The number of aryl methyl sites for hydroxylation is 1. The number of benzene rings is 2. The number of aromatic nitrogens is 2. The highest BCUT2D eigenvalue weighted by atomic mass is 15.4. The highest BCUT2D eigenvalue weighted by Crippen LogP contribution is 2.22. The van der Waals surface area contributed by atoms with Gasteiger partial charge in [0.1, 0.15) is 11.8 Å². The van der Waals surface area contributed by atoms with E-state index in [0.29, 0.717) is 5.84 Å². The van der Waals surface area contributed by atoms with Gasteiger partial charge in [-0.25, -0.2) is 4.99 Å². The number of nitriles is 1. The lowest BCUT2D eigenvalue weighted by Gasteiger charge is -2.09. The van der Waals surface area contributed by atoms with Crippen molar-refractivity contribution in [3.8, 4) is 6.07 Å². The van der Waals surface area contributed by atoms with Gasteiger partial charge in [0.2, 0.25) is 0 Å². The zero-order valence-corrected chi connectivity index (χ0v) is 13.1. The molecule has 0 fully saturated rings. The van der Waals surface area contributed by atoms with Crippen LogP contribution in [0.5, 0.6) is 0 Å². The molecule has 3 rings (SSSR count). The van der Waals surface area contributed by atoms with E-state index in [2.05, 4.69) is 10.1 Å². The number of nitrogens with two attached hydrogens (primary N) is 2. The molecular weight excluding hydrogens is 300 g/mol. The Morgan fingerprint density at radius 1 is 1.08 bits per heavy atom. The molecule has 0 aliphatic heterocycles. The van der Waals surface area contributed by atoms with Crippen molar-refractivity contribution < 1.29 is 0 Å². The predicted molar refractivity (Wildman–Crippen MR) is 95.0 cm³/mol. The average Bonchev–Trinajstić information content (AvgIpc) is 2.90. The number of hydrogen-bond acceptors (Lipinski definition) is 5. The summed E-state index contributed by atoms with van der Waals surface area (Å²) in [6, 6.07) is 19.2. The SMILES string of the molecule is Cc1ccc(N=C(c2ccccc2)n2nc(C#N)c(N)c2N)cc1. The summed E-state index contributed by atoms with van der Waals surface area (Å²) < 4.78 is 1.41. The number of nitrogens with zero attached hydrogens (tertiary/aromatic N) is 4. The predicted octanol–water partition coefficient (Wildman–Crippen LogP) is 2.85. The number of nitrogen functional groups attached to an aromatic ring is 2. The van der Waals surface area contributed by atoms with Crippen molar-refractivity contribution in [1.82, 2.24) is 9.78 Å². The van der Waals surface area contributed by atoms with Crippen molar-refractivity contribution in [3.05, 3.63) is 71.4 Å². The maximum absolute atomic E-state index is 9.13. The van der Waals surface area contributed by atoms with Crippen LogP contribution in [-0.2, 0) is 0 Å². The molecule has 0 saturated carbocycles. The first kappa shape index (κ1) is 15.3. The van der Waals surface area contributed by atoms with E-state index in [1.165, 1.54) is 4.68 Å². The molecule has 4 N–H and O–H groups in total. The van der Waals surface area contributed by atoms with E-state index in [4.69, 9.17) is 16.7 Å². The van der Waals surface area contributed by atoms with Gasteiger partial charge in [-0.05, 0) is 19.1 Å². The molecule has 1 aromatic heterocycles. The Labute approximate surface area is 139 Å². The Hall–Kier alpha value is -3.59. The van der Waals surface area contributed by atoms with Crippen molar-refractivity contribution in [2.75, 3.05) is 11.5 Å². The van der Waals surface area contributed by atoms with Crippen LogP contribution >= 0.6 is 0 Å². The molecule has 0 amide bonds. The van der Waals surface area contributed by atoms with E-state index in [1.807, 2.05) is 67.6 Å². The molecule has 0 radical (unpaired) electrons. The zero-order chi connectivity index (χ0) is 17.1. The lowest BCUT2D eigenvalue weighted by Crippen LogP contribution is -2.17. The van der Waals surface area contributed by atoms with Crippen molar-refractivity contribution in [2.24, 2.45) is 4.99 Å². The van der Waals surface area contributed by atoms with Crippen LogP contribution in [0.4, 0.5) is 17.2 Å². The quantitative estimate of drug-likeness (QED) is 0.560. The number of hydrogen-bond donors (Lipinski definition) is 2. The van der Waals surface area contributed by atoms with Crippen molar-refractivity contribution in [3.63, 3.8) is 0 Å². The highest BCUT2D eigenvalue weighted by molar-refractivity contribution is 6.03. The Morgan fingerprint density at radius 3 is 2.33 bits per heavy atom. The lowest BCUT2D eigenvalue weighted by molar-refractivity contribution is 0.933. The number of anilines is 2. The third kappa shape index (κ3) is 2.83. The van der Waals surface area contributed by atoms with Crippen LogP contribution in [-0.4, -0.2) is 15.6 Å². The largest absolute Gasteiger partial charge is 0.393 e. The minimum absolute atomic E-state index is 0.0834. The van der Waals surface area contributed by atoms with Gasteiger partial charge in [-0.1, -0.05) is 48.0 Å². The van der Waals surface area contributed by atoms with E-state index in [9.17, 15) is 0 Å². The van der Waals surface area contributed by atoms with E-state index in [0.717, 1.165) is 16.8 Å². The molecule has 0 unspecified atom stereocenters. The number of aliphatic imine (C=N–C) groups is 1. The molecule has 6 heteroatoms. The number of rotatable bonds is 2. The second-order valence-electron chi connectivity index (χ2n) is 5.31. The van der Waals surface area contributed by atoms with Gasteiger partial charge < -0.3 is 11.5 Å². The maximum Gasteiger partial charge on any atom is 0.188 e. The molecular formula is C18H16N6. The average molecular weight is 316 g/mol. The first-order valence-corrected chi connectivity index (χ1v) is 7.35. The molecule has 118 valence electrons. The van der Waals surface area contributed by atoms with Gasteiger partial charge in [-0.15, -0.1) is 0 Å². The fourth-order valence-corrected chi connectivity index (χ4v) is 2.25. The summed E-state index contributed by atoms with van der Waals surface area (Å²) in [5.74, 6) is 0.700. The van der Waals surface area contributed by atoms with E-state index < -0.39 is 0 Å². The van der Waals surface area contributed by atoms with Crippen LogP contribution < -0.4 is 11.5 Å². The van der Waals surface area contributed by atoms with Gasteiger partial charge in [-0.2, -0.15) is 15.0 Å². The Bertz CT molecular complexity index is 930. The molecule has 2 aromatic carbocycles.